The largest absolute Gasteiger partial charge is 0.317 e. The Morgan fingerprint density at radius 2 is 1.83 bits per heavy atom. The van der Waals surface area contributed by atoms with Crippen molar-refractivity contribution in [2.75, 3.05) is 0 Å². The van der Waals surface area contributed by atoms with Crippen LogP contribution in [0.4, 0.5) is 5.69 Å². The molecule has 1 atom stereocenters. The van der Waals surface area contributed by atoms with Gasteiger partial charge in [-0.1, -0.05) is 24.3 Å². The van der Waals surface area contributed by atoms with Crippen LogP contribution < -0.4 is 16.4 Å². The zero-order valence-electron chi connectivity index (χ0n) is 11.9. The van der Waals surface area contributed by atoms with Gasteiger partial charge in [0.1, 0.15) is 0 Å². The lowest BCUT2D eigenvalue weighted by molar-refractivity contribution is -0.384. The van der Waals surface area contributed by atoms with Gasteiger partial charge in [-0.05, 0) is 16.9 Å². The molecule has 0 aliphatic rings. The Hall–Kier alpha value is -2.79. The number of nitro groups is 1. The molecule has 8 heteroatoms. The first-order valence-electron chi connectivity index (χ1n) is 6.71. The van der Waals surface area contributed by atoms with Crippen LogP contribution in [0.15, 0.2) is 52.1 Å². The molecular weight excluding hydrogens is 317 g/mol. The first-order valence-corrected chi connectivity index (χ1v) is 7.29. The smallest absolute Gasteiger partial charge is 0.316 e. The van der Waals surface area contributed by atoms with E-state index >= 15 is 0 Å². The van der Waals surface area contributed by atoms with Crippen molar-refractivity contribution in [2.45, 2.75) is 6.54 Å². The van der Waals surface area contributed by atoms with Crippen LogP contribution in [0.3, 0.4) is 0 Å². The molecule has 1 aromatic heterocycles. The fraction of sp³-hybridized carbons (Fsp3) is 0.0667. The molecule has 0 radical (unpaired) electrons. The van der Waals surface area contributed by atoms with Gasteiger partial charge >= 0.3 is 11.1 Å². The molecule has 0 spiro atoms. The molecule has 116 valence electrons. The fourth-order valence-corrected chi connectivity index (χ4v) is 2.53. The molecule has 23 heavy (non-hydrogen) atoms. The maximum atomic E-state index is 12.2. The standard InChI is InChI=1S/C15H12N3O4P/c19-14-15(20)17(8-9-1-4-11(23)5-2-9)13-7-10(18(21)22)3-6-12(13)16-14/h1-7H,8,23H2,(H,16,19). The molecule has 1 heterocycles. The topological polar surface area (TPSA) is 98.0 Å². The third kappa shape index (κ3) is 2.91. The third-order valence-electron chi connectivity index (χ3n) is 3.49. The maximum absolute atomic E-state index is 12.2. The molecule has 3 aromatic rings. The van der Waals surface area contributed by atoms with E-state index in [2.05, 4.69) is 14.2 Å². The summed E-state index contributed by atoms with van der Waals surface area (Å²) in [6, 6.07) is 11.4. The first-order chi connectivity index (χ1) is 11.0. The van der Waals surface area contributed by atoms with Crippen LogP contribution in [-0.4, -0.2) is 14.5 Å². The molecule has 0 amide bonds. The second kappa shape index (κ2) is 5.78. The summed E-state index contributed by atoms with van der Waals surface area (Å²) in [5.74, 6) is 0. The zero-order chi connectivity index (χ0) is 16.6. The Labute approximate surface area is 131 Å². The Kier molecular flexibility index (Phi) is 3.80. The molecule has 1 N–H and O–H groups in total. The molecule has 0 bridgehead atoms. The number of H-pyrrole nitrogens is 1. The highest BCUT2D eigenvalue weighted by Gasteiger charge is 2.13. The summed E-state index contributed by atoms with van der Waals surface area (Å²) in [6.07, 6.45) is 0. The van der Waals surface area contributed by atoms with E-state index in [1.165, 1.54) is 22.8 Å². The molecule has 0 aliphatic carbocycles. The number of benzene rings is 2. The van der Waals surface area contributed by atoms with E-state index in [-0.39, 0.29) is 12.2 Å². The fourth-order valence-electron chi connectivity index (χ4n) is 2.33. The van der Waals surface area contributed by atoms with E-state index in [4.69, 9.17) is 0 Å². The van der Waals surface area contributed by atoms with Crippen molar-refractivity contribution in [3.05, 3.63) is 78.8 Å². The Balaban J connectivity index is 2.23. The van der Waals surface area contributed by atoms with Crippen molar-refractivity contribution in [1.29, 1.82) is 0 Å². The summed E-state index contributed by atoms with van der Waals surface area (Å²) in [6.45, 7) is 0.158. The van der Waals surface area contributed by atoms with E-state index < -0.39 is 16.0 Å². The van der Waals surface area contributed by atoms with Crippen LogP contribution in [-0.2, 0) is 6.54 Å². The highest BCUT2D eigenvalue weighted by atomic mass is 31.0. The minimum Gasteiger partial charge on any atom is -0.316 e. The Morgan fingerprint density at radius 3 is 2.48 bits per heavy atom. The summed E-state index contributed by atoms with van der Waals surface area (Å²) in [7, 11) is 2.56. The van der Waals surface area contributed by atoms with Crippen LogP contribution in [0.1, 0.15) is 5.56 Å². The minimum absolute atomic E-state index is 0.141. The molecule has 0 saturated carbocycles. The van der Waals surface area contributed by atoms with E-state index in [1.54, 1.807) is 0 Å². The lowest BCUT2D eigenvalue weighted by Gasteiger charge is -2.10. The van der Waals surface area contributed by atoms with Crippen molar-refractivity contribution < 1.29 is 4.92 Å². The van der Waals surface area contributed by atoms with Gasteiger partial charge in [0.25, 0.3) is 5.69 Å². The predicted octanol–water partition coefficient (Wildman–Crippen LogP) is 1.15. The molecular formula is C15H12N3O4P. The summed E-state index contributed by atoms with van der Waals surface area (Å²) in [5, 5.41) is 11.9. The van der Waals surface area contributed by atoms with Crippen LogP contribution in [0.2, 0.25) is 0 Å². The third-order valence-corrected chi connectivity index (χ3v) is 3.88. The van der Waals surface area contributed by atoms with Gasteiger partial charge in [-0.2, -0.15) is 0 Å². The quantitative estimate of drug-likeness (QED) is 0.337. The van der Waals surface area contributed by atoms with Crippen LogP contribution in [0, 0.1) is 10.1 Å². The van der Waals surface area contributed by atoms with Gasteiger partial charge < -0.3 is 4.98 Å². The van der Waals surface area contributed by atoms with Gasteiger partial charge in [0.15, 0.2) is 0 Å². The Bertz CT molecular complexity index is 1020. The Morgan fingerprint density at radius 1 is 1.13 bits per heavy atom. The van der Waals surface area contributed by atoms with Crippen molar-refractivity contribution in [1.82, 2.24) is 9.55 Å². The normalized spacial score (nSPS) is 10.8. The molecule has 1 unspecified atom stereocenters. The number of hydrogen-bond donors (Lipinski definition) is 1. The van der Waals surface area contributed by atoms with Crippen molar-refractivity contribution in [2.24, 2.45) is 0 Å². The summed E-state index contributed by atoms with van der Waals surface area (Å²) in [4.78, 5) is 36.8. The number of rotatable bonds is 3. The molecule has 3 rings (SSSR count). The number of aromatic nitrogens is 2. The molecule has 0 saturated heterocycles. The average Bonchev–Trinajstić information content (AvgIpc) is 2.53. The maximum Gasteiger partial charge on any atom is 0.317 e. The summed E-state index contributed by atoms with van der Waals surface area (Å²) < 4.78 is 1.25. The molecule has 2 aromatic carbocycles. The van der Waals surface area contributed by atoms with Crippen molar-refractivity contribution >= 4 is 31.3 Å². The second-order valence-electron chi connectivity index (χ2n) is 5.05. The monoisotopic (exact) mass is 329 g/mol. The number of hydrogen-bond acceptors (Lipinski definition) is 4. The van der Waals surface area contributed by atoms with Gasteiger partial charge in [0.2, 0.25) is 0 Å². The van der Waals surface area contributed by atoms with Gasteiger partial charge in [0, 0.05) is 12.1 Å². The van der Waals surface area contributed by atoms with Crippen molar-refractivity contribution in [3.63, 3.8) is 0 Å². The first kappa shape index (κ1) is 15.1. The lowest BCUT2D eigenvalue weighted by atomic mass is 10.2. The second-order valence-corrected chi connectivity index (χ2v) is 5.71. The van der Waals surface area contributed by atoms with E-state index in [0.717, 1.165) is 10.9 Å². The summed E-state index contributed by atoms with van der Waals surface area (Å²) >= 11 is 0. The zero-order valence-corrected chi connectivity index (χ0v) is 13.0. The van der Waals surface area contributed by atoms with Crippen LogP contribution in [0.25, 0.3) is 11.0 Å². The molecule has 0 fully saturated rings. The van der Waals surface area contributed by atoms with E-state index in [9.17, 15) is 19.7 Å². The molecule has 0 aliphatic heterocycles. The number of aromatic amines is 1. The number of nitrogens with zero attached hydrogens (tertiary/aromatic N) is 2. The number of nitrogens with one attached hydrogen (secondary N) is 1. The number of nitro benzene ring substituents is 1. The summed E-state index contributed by atoms with van der Waals surface area (Å²) in [5.41, 5.74) is -0.127. The lowest BCUT2D eigenvalue weighted by Crippen LogP contribution is -2.36. The number of non-ortho nitro benzene ring substituents is 1. The molecule has 7 nitrogen and oxygen atoms in total. The predicted molar refractivity (Wildman–Crippen MR) is 90.4 cm³/mol. The van der Waals surface area contributed by atoms with Crippen molar-refractivity contribution in [3.8, 4) is 0 Å². The highest BCUT2D eigenvalue weighted by molar-refractivity contribution is 7.27. The van der Waals surface area contributed by atoms with Crippen LogP contribution >= 0.6 is 9.24 Å². The van der Waals surface area contributed by atoms with Gasteiger partial charge in [0.05, 0.1) is 22.5 Å². The number of fused-ring (bicyclic) bond motifs is 1. The van der Waals surface area contributed by atoms with E-state index in [1.807, 2.05) is 24.3 Å². The average molecular weight is 329 g/mol. The minimum atomic E-state index is -0.756. The van der Waals surface area contributed by atoms with E-state index in [0.29, 0.717) is 11.0 Å². The van der Waals surface area contributed by atoms with Gasteiger partial charge in [-0.15, -0.1) is 9.24 Å². The SMILES string of the molecule is O=c1[nH]c2ccc([N+](=O)[O-])cc2n(Cc2ccc(P)cc2)c1=O. The van der Waals surface area contributed by atoms with Gasteiger partial charge in [-0.3, -0.25) is 24.3 Å². The van der Waals surface area contributed by atoms with Crippen LogP contribution in [0.5, 0.6) is 0 Å². The highest BCUT2D eigenvalue weighted by Crippen LogP contribution is 2.18. The van der Waals surface area contributed by atoms with Gasteiger partial charge in [-0.25, -0.2) is 0 Å².